The third-order valence-corrected chi connectivity index (χ3v) is 4.07. The van der Waals surface area contributed by atoms with Gasteiger partial charge in [-0.3, -0.25) is 9.88 Å². The molecule has 0 radical (unpaired) electrons. The maximum absolute atomic E-state index is 11.3. The van der Waals surface area contributed by atoms with E-state index in [0.29, 0.717) is 5.92 Å². The van der Waals surface area contributed by atoms with Crippen molar-refractivity contribution in [3.8, 4) is 0 Å². The van der Waals surface area contributed by atoms with Crippen LogP contribution in [0.5, 0.6) is 0 Å². The van der Waals surface area contributed by atoms with Gasteiger partial charge >= 0.3 is 0 Å². The van der Waals surface area contributed by atoms with E-state index < -0.39 is 0 Å². The minimum Gasteiger partial charge on any atom is -0.317 e. The van der Waals surface area contributed by atoms with Gasteiger partial charge in [0.2, 0.25) is 0 Å². The van der Waals surface area contributed by atoms with Crippen molar-refractivity contribution in [2.45, 2.75) is 25.4 Å². The average Bonchev–Trinajstić information content (AvgIpc) is 2.77. The van der Waals surface area contributed by atoms with Crippen molar-refractivity contribution >= 4 is 6.29 Å². The highest BCUT2D eigenvalue weighted by molar-refractivity contribution is 5.63. The number of hydrogen-bond donors (Lipinski definition) is 1. The molecular weight excluding hydrogens is 226 g/mol. The third-order valence-electron chi connectivity index (χ3n) is 4.07. The molecule has 0 bridgehead atoms. The zero-order valence-electron chi connectivity index (χ0n) is 10.5. The number of aromatic nitrogens is 1. The van der Waals surface area contributed by atoms with Crippen LogP contribution in [0.1, 0.15) is 30.1 Å². The summed E-state index contributed by atoms with van der Waals surface area (Å²) in [5.74, 6) is 0.711. The highest BCUT2D eigenvalue weighted by Gasteiger charge is 2.32. The molecule has 2 aliphatic heterocycles. The summed E-state index contributed by atoms with van der Waals surface area (Å²) in [5.41, 5.74) is 2.17. The quantitative estimate of drug-likeness (QED) is 0.811. The molecule has 1 N–H and O–H groups in total. The predicted octanol–water partition coefficient (Wildman–Crippen LogP) is 1.14. The van der Waals surface area contributed by atoms with Crippen LogP contribution in [0.4, 0.5) is 0 Å². The molecule has 1 saturated heterocycles. The molecule has 18 heavy (non-hydrogen) atoms. The van der Waals surface area contributed by atoms with Crippen LogP contribution in [-0.2, 0) is 11.3 Å². The second-order valence-corrected chi connectivity index (χ2v) is 5.24. The summed E-state index contributed by atoms with van der Waals surface area (Å²) in [6.45, 7) is 4.05. The molecule has 3 rings (SSSR count). The summed E-state index contributed by atoms with van der Waals surface area (Å²) in [5, 5.41) is 3.38. The number of carbonyl (C=O) groups excluding carboxylic acids is 1. The van der Waals surface area contributed by atoms with Crippen LogP contribution in [0.25, 0.3) is 0 Å². The smallest absolute Gasteiger partial charge is 0.141 e. The fraction of sp³-hybridized carbons (Fsp3) is 0.571. The molecule has 1 atom stereocenters. The second kappa shape index (κ2) is 5.16. The minimum atomic E-state index is -0.0800. The van der Waals surface area contributed by atoms with Crippen LogP contribution in [0.2, 0.25) is 0 Å². The second-order valence-electron chi connectivity index (χ2n) is 5.24. The zero-order valence-corrected chi connectivity index (χ0v) is 10.5. The Morgan fingerprint density at radius 2 is 2.28 bits per heavy atom. The lowest BCUT2D eigenvalue weighted by Crippen LogP contribution is -2.35. The number of hydrogen-bond acceptors (Lipinski definition) is 4. The van der Waals surface area contributed by atoms with Crippen molar-refractivity contribution in [2.75, 3.05) is 19.6 Å². The number of aldehydes is 1. The number of piperidine rings is 1. The van der Waals surface area contributed by atoms with E-state index in [1.807, 2.05) is 18.3 Å². The molecule has 3 heterocycles. The highest BCUT2D eigenvalue weighted by atomic mass is 16.1. The van der Waals surface area contributed by atoms with Crippen LogP contribution < -0.4 is 5.32 Å². The van der Waals surface area contributed by atoms with Crippen molar-refractivity contribution < 1.29 is 4.79 Å². The largest absolute Gasteiger partial charge is 0.317 e. The molecule has 1 aromatic heterocycles. The Kier molecular flexibility index (Phi) is 3.39. The zero-order chi connectivity index (χ0) is 12.4. The van der Waals surface area contributed by atoms with Gasteiger partial charge < -0.3 is 10.1 Å². The molecule has 0 aromatic carbocycles. The van der Waals surface area contributed by atoms with E-state index in [1.54, 1.807) is 0 Å². The lowest BCUT2D eigenvalue weighted by Gasteiger charge is -2.29. The molecule has 1 unspecified atom stereocenters. The summed E-state index contributed by atoms with van der Waals surface area (Å²) in [6.07, 6.45) is 5.31. The first-order valence-corrected chi connectivity index (χ1v) is 6.72. The molecule has 4 heteroatoms. The number of pyridine rings is 1. The summed E-state index contributed by atoms with van der Waals surface area (Å²) >= 11 is 0. The molecule has 1 aromatic rings. The lowest BCUT2D eigenvalue weighted by atomic mass is 9.97. The van der Waals surface area contributed by atoms with Crippen molar-refractivity contribution in [1.29, 1.82) is 0 Å². The highest BCUT2D eigenvalue weighted by Crippen LogP contribution is 2.32. The van der Waals surface area contributed by atoms with Gasteiger partial charge in [-0.15, -0.1) is 0 Å². The van der Waals surface area contributed by atoms with Gasteiger partial charge in [0.15, 0.2) is 0 Å². The average molecular weight is 245 g/mol. The molecule has 1 fully saturated rings. The van der Waals surface area contributed by atoms with Crippen molar-refractivity contribution in [3.05, 3.63) is 29.6 Å². The van der Waals surface area contributed by atoms with E-state index in [1.165, 1.54) is 12.8 Å². The standard InChI is InChI=1S/C14H19N3O/c18-10-14-12-2-1-5-16-13(12)9-17(14)8-11-3-6-15-7-4-11/h1-2,5,10-11,14-15H,3-4,6-9H2. The fourth-order valence-corrected chi connectivity index (χ4v) is 3.07. The Morgan fingerprint density at radius 3 is 3.06 bits per heavy atom. The van der Waals surface area contributed by atoms with E-state index >= 15 is 0 Å². The van der Waals surface area contributed by atoms with Crippen molar-refractivity contribution in [1.82, 2.24) is 15.2 Å². The number of nitrogens with one attached hydrogen (secondary N) is 1. The maximum atomic E-state index is 11.3. The van der Waals surface area contributed by atoms with Crippen LogP contribution >= 0.6 is 0 Å². The predicted molar refractivity (Wildman–Crippen MR) is 69.0 cm³/mol. The van der Waals surface area contributed by atoms with Gasteiger partial charge in [0.25, 0.3) is 0 Å². The van der Waals surface area contributed by atoms with Crippen molar-refractivity contribution in [3.63, 3.8) is 0 Å². The van der Waals surface area contributed by atoms with Crippen LogP contribution in [-0.4, -0.2) is 35.8 Å². The lowest BCUT2D eigenvalue weighted by molar-refractivity contribution is -0.112. The van der Waals surface area contributed by atoms with E-state index in [4.69, 9.17) is 0 Å². The van der Waals surface area contributed by atoms with Gasteiger partial charge in [0, 0.05) is 19.3 Å². The Balaban J connectivity index is 1.72. The first-order valence-electron chi connectivity index (χ1n) is 6.72. The molecule has 96 valence electrons. The van der Waals surface area contributed by atoms with Gasteiger partial charge in [-0.1, -0.05) is 6.07 Å². The topological polar surface area (TPSA) is 45.2 Å². The molecule has 0 saturated carbocycles. The van der Waals surface area contributed by atoms with Crippen LogP contribution in [0, 0.1) is 5.92 Å². The maximum Gasteiger partial charge on any atom is 0.141 e. The van der Waals surface area contributed by atoms with E-state index in [9.17, 15) is 4.79 Å². The van der Waals surface area contributed by atoms with Gasteiger partial charge in [-0.25, -0.2) is 0 Å². The molecule has 0 amide bonds. The van der Waals surface area contributed by atoms with E-state index in [2.05, 4.69) is 15.2 Å². The van der Waals surface area contributed by atoms with Gasteiger partial charge in [0.1, 0.15) is 6.29 Å². The fourth-order valence-electron chi connectivity index (χ4n) is 3.07. The molecule has 0 spiro atoms. The Bertz CT molecular complexity index is 429. The SMILES string of the molecule is O=CC1c2cccnc2CN1CC1CCNCC1. The molecule has 0 aliphatic carbocycles. The Morgan fingerprint density at radius 1 is 1.44 bits per heavy atom. The minimum absolute atomic E-state index is 0.0800. The molecular formula is C14H19N3O. The van der Waals surface area contributed by atoms with Gasteiger partial charge in [0.05, 0.1) is 11.7 Å². The summed E-state index contributed by atoms with van der Waals surface area (Å²) < 4.78 is 0. The third kappa shape index (κ3) is 2.18. The first-order chi connectivity index (χ1) is 8.88. The first kappa shape index (κ1) is 11.8. The van der Waals surface area contributed by atoms with Gasteiger partial charge in [-0.05, 0) is 43.5 Å². The van der Waals surface area contributed by atoms with E-state index in [-0.39, 0.29) is 6.04 Å². The summed E-state index contributed by atoms with van der Waals surface area (Å²) in [7, 11) is 0. The monoisotopic (exact) mass is 245 g/mol. The van der Waals surface area contributed by atoms with E-state index in [0.717, 1.165) is 43.7 Å². The normalized spacial score (nSPS) is 25.0. The Hall–Kier alpha value is -1.26. The number of fused-ring (bicyclic) bond motifs is 1. The number of nitrogens with zero attached hydrogens (tertiary/aromatic N) is 2. The van der Waals surface area contributed by atoms with Crippen LogP contribution in [0.3, 0.4) is 0 Å². The number of rotatable bonds is 3. The summed E-state index contributed by atoms with van der Waals surface area (Å²) in [4.78, 5) is 18.0. The Labute approximate surface area is 107 Å². The van der Waals surface area contributed by atoms with Gasteiger partial charge in [-0.2, -0.15) is 0 Å². The molecule has 2 aliphatic rings. The molecule has 4 nitrogen and oxygen atoms in total. The van der Waals surface area contributed by atoms with Crippen molar-refractivity contribution in [2.24, 2.45) is 5.92 Å². The van der Waals surface area contributed by atoms with Crippen LogP contribution in [0.15, 0.2) is 18.3 Å². The summed E-state index contributed by atoms with van der Waals surface area (Å²) in [6, 6.07) is 3.87. The number of carbonyl (C=O) groups is 1.